The Kier molecular flexibility index (Phi) is 4.39. The normalized spacial score (nSPS) is 12.4. The van der Waals surface area contributed by atoms with Gasteiger partial charge < -0.3 is 10.5 Å². The van der Waals surface area contributed by atoms with Gasteiger partial charge in [-0.1, -0.05) is 18.2 Å². The fraction of sp³-hybridized carbons (Fsp3) is 0.333. The molecule has 0 bridgehead atoms. The number of hydrogen-bond acceptors (Lipinski definition) is 3. The van der Waals surface area contributed by atoms with Gasteiger partial charge in [-0.05, 0) is 42.5 Å². The zero-order valence-electron chi connectivity index (χ0n) is 10.8. The molecule has 1 aromatic heterocycles. The second-order valence-electron chi connectivity index (χ2n) is 4.49. The summed E-state index contributed by atoms with van der Waals surface area (Å²) in [6, 6.07) is 10.4. The van der Waals surface area contributed by atoms with Crippen LogP contribution in [0.15, 0.2) is 35.7 Å². The lowest BCUT2D eigenvalue weighted by Gasteiger charge is -2.12. The van der Waals surface area contributed by atoms with E-state index in [-0.39, 0.29) is 6.04 Å². The van der Waals surface area contributed by atoms with Gasteiger partial charge in [0.2, 0.25) is 0 Å². The van der Waals surface area contributed by atoms with Crippen LogP contribution in [0.3, 0.4) is 0 Å². The van der Waals surface area contributed by atoms with Crippen molar-refractivity contribution in [3.63, 3.8) is 0 Å². The van der Waals surface area contributed by atoms with E-state index in [1.807, 2.05) is 19.1 Å². The van der Waals surface area contributed by atoms with E-state index < -0.39 is 0 Å². The maximum Gasteiger partial charge on any atom is 0.122 e. The van der Waals surface area contributed by atoms with Gasteiger partial charge in [-0.2, -0.15) is 0 Å². The number of aryl methyl sites for hydroxylation is 1. The molecule has 0 fully saturated rings. The van der Waals surface area contributed by atoms with E-state index in [0.29, 0.717) is 0 Å². The average Bonchev–Trinajstić information content (AvgIpc) is 2.84. The fourth-order valence-electron chi connectivity index (χ4n) is 1.83. The molecular weight excluding hydrogens is 242 g/mol. The van der Waals surface area contributed by atoms with Gasteiger partial charge in [-0.3, -0.25) is 0 Å². The molecule has 2 N–H and O–H groups in total. The molecule has 0 spiro atoms. The third kappa shape index (κ3) is 3.34. The standard InChI is InChI=1S/C15H19NOS/c1-11-10-13(12(2)16)5-6-15(11)17-8-7-14-4-3-9-18-14/h3-6,9-10,12H,7-8,16H2,1-2H3/t12-/m1/s1. The van der Waals surface area contributed by atoms with Crippen molar-refractivity contribution in [3.05, 3.63) is 51.7 Å². The minimum atomic E-state index is 0.0730. The zero-order valence-corrected chi connectivity index (χ0v) is 11.7. The van der Waals surface area contributed by atoms with Gasteiger partial charge in [0.25, 0.3) is 0 Å². The maximum atomic E-state index is 5.86. The van der Waals surface area contributed by atoms with Crippen molar-refractivity contribution in [3.8, 4) is 5.75 Å². The number of nitrogens with two attached hydrogens (primary N) is 1. The predicted octanol–water partition coefficient (Wildman–Crippen LogP) is 3.70. The molecule has 0 amide bonds. The summed E-state index contributed by atoms with van der Waals surface area (Å²) in [7, 11) is 0. The van der Waals surface area contributed by atoms with Crippen LogP contribution >= 0.6 is 11.3 Å². The highest BCUT2D eigenvalue weighted by Crippen LogP contribution is 2.22. The van der Waals surface area contributed by atoms with Crippen molar-refractivity contribution in [2.24, 2.45) is 5.73 Å². The number of benzene rings is 1. The average molecular weight is 261 g/mol. The molecule has 0 aliphatic carbocycles. The van der Waals surface area contributed by atoms with Crippen molar-refractivity contribution >= 4 is 11.3 Å². The van der Waals surface area contributed by atoms with Gasteiger partial charge in [-0.25, -0.2) is 0 Å². The van der Waals surface area contributed by atoms with Gasteiger partial charge >= 0.3 is 0 Å². The largest absolute Gasteiger partial charge is 0.493 e. The molecule has 2 nitrogen and oxygen atoms in total. The van der Waals surface area contributed by atoms with Crippen LogP contribution in [-0.2, 0) is 6.42 Å². The van der Waals surface area contributed by atoms with Gasteiger partial charge in [0.05, 0.1) is 6.61 Å². The highest BCUT2D eigenvalue weighted by Gasteiger charge is 2.04. The Labute approximate surface area is 112 Å². The lowest BCUT2D eigenvalue weighted by Crippen LogP contribution is -2.06. The summed E-state index contributed by atoms with van der Waals surface area (Å²) < 4.78 is 5.81. The first kappa shape index (κ1) is 13.1. The molecular formula is C15H19NOS. The summed E-state index contributed by atoms with van der Waals surface area (Å²) in [4.78, 5) is 1.36. The van der Waals surface area contributed by atoms with Crippen molar-refractivity contribution in [2.45, 2.75) is 26.3 Å². The molecule has 0 aliphatic heterocycles. The molecule has 0 saturated carbocycles. The summed E-state index contributed by atoms with van der Waals surface area (Å²) in [5, 5.41) is 2.10. The van der Waals surface area contributed by atoms with Crippen LogP contribution < -0.4 is 10.5 Å². The van der Waals surface area contributed by atoms with E-state index in [9.17, 15) is 0 Å². The molecule has 1 heterocycles. The first-order valence-corrected chi connectivity index (χ1v) is 7.06. The highest BCUT2D eigenvalue weighted by atomic mass is 32.1. The van der Waals surface area contributed by atoms with Gasteiger partial charge in [0.15, 0.2) is 0 Å². The Morgan fingerprint density at radius 2 is 2.17 bits per heavy atom. The molecule has 2 aromatic rings. The van der Waals surface area contributed by atoms with Crippen LogP contribution in [0.1, 0.15) is 29.0 Å². The topological polar surface area (TPSA) is 35.2 Å². The molecule has 1 atom stereocenters. The molecule has 1 aromatic carbocycles. The second-order valence-corrected chi connectivity index (χ2v) is 5.52. The number of ether oxygens (including phenoxy) is 1. The molecule has 0 aliphatic rings. The van der Waals surface area contributed by atoms with E-state index in [1.54, 1.807) is 11.3 Å². The quantitative estimate of drug-likeness (QED) is 0.890. The zero-order chi connectivity index (χ0) is 13.0. The van der Waals surface area contributed by atoms with Crippen LogP contribution in [0, 0.1) is 6.92 Å². The van der Waals surface area contributed by atoms with Crippen LogP contribution in [0.2, 0.25) is 0 Å². The first-order chi connectivity index (χ1) is 8.66. The molecule has 0 saturated heterocycles. The third-order valence-corrected chi connectivity index (χ3v) is 3.85. The molecule has 2 rings (SSSR count). The van der Waals surface area contributed by atoms with Gasteiger partial charge in [-0.15, -0.1) is 11.3 Å². The van der Waals surface area contributed by atoms with Gasteiger partial charge in [0, 0.05) is 17.3 Å². The van der Waals surface area contributed by atoms with E-state index in [0.717, 1.165) is 29.9 Å². The van der Waals surface area contributed by atoms with E-state index in [1.165, 1.54) is 4.88 Å². The van der Waals surface area contributed by atoms with Crippen molar-refractivity contribution in [2.75, 3.05) is 6.61 Å². The Balaban J connectivity index is 1.93. The number of hydrogen-bond donors (Lipinski definition) is 1. The second kappa shape index (κ2) is 6.03. The smallest absolute Gasteiger partial charge is 0.122 e. The van der Waals surface area contributed by atoms with Crippen molar-refractivity contribution in [1.29, 1.82) is 0 Å². The Morgan fingerprint density at radius 1 is 1.33 bits per heavy atom. The Hall–Kier alpha value is -1.32. The summed E-state index contributed by atoms with van der Waals surface area (Å²) in [5.41, 5.74) is 8.16. The van der Waals surface area contributed by atoms with Crippen molar-refractivity contribution in [1.82, 2.24) is 0 Å². The predicted molar refractivity (Wildman–Crippen MR) is 77.3 cm³/mol. The molecule has 96 valence electrons. The first-order valence-electron chi connectivity index (χ1n) is 6.18. The van der Waals surface area contributed by atoms with Crippen LogP contribution in [0.5, 0.6) is 5.75 Å². The molecule has 3 heteroatoms. The third-order valence-electron chi connectivity index (χ3n) is 2.91. The van der Waals surface area contributed by atoms with E-state index in [4.69, 9.17) is 10.5 Å². The molecule has 0 radical (unpaired) electrons. The number of rotatable bonds is 5. The van der Waals surface area contributed by atoms with Gasteiger partial charge in [0.1, 0.15) is 5.75 Å². The Bertz CT molecular complexity index is 491. The lowest BCUT2D eigenvalue weighted by atomic mass is 10.1. The monoisotopic (exact) mass is 261 g/mol. The molecule has 0 unspecified atom stereocenters. The fourth-order valence-corrected chi connectivity index (χ4v) is 2.52. The van der Waals surface area contributed by atoms with E-state index >= 15 is 0 Å². The summed E-state index contributed by atoms with van der Waals surface area (Å²) >= 11 is 1.77. The number of thiophene rings is 1. The van der Waals surface area contributed by atoms with Crippen LogP contribution in [0.25, 0.3) is 0 Å². The lowest BCUT2D eigenvalue weighted by molar-refractivity contribution is 0.320. The van der Waals surface area contributed by atoms with E-state index in [2.05, 4.69) is 30.5 Å². The summed E-state index contributed by atoms with van der Waals surface area (Å²) in [5.74, 6) is 0.955. The summed E-state index contributed by atoms with van der Waals surface area (Å²) in [6.07, 6.45) is 0.964. The maximum absolute atomic E-state index is 5.86. The summed E-state index contributed by atoms with van der Waals surface area (Å²) in [6.45, 7) is 4.78. The molecule has 18 heavy (non-hydrogen) atoms. The van der Waals surface area contributed by atoms with Crippen molar-refractivity contribution < 1.29 is 4.74 Å². The highest BCUT2D eigenvalue weighted by molar-refractivity contribution is 7.09. The SMILES string of the molecule is Cc1cc([C@@H](C)N)ccc1OCCc1cccs1. The minimum Gasteiger partial charge on any atom is -0.493 e. The Morgan fingerprint density at radius 3 is 2.78 bits per heavy atom. The minimum absolute atomic E-state index is 0.0730. The van der Waals surface area contributed by atoms with Crippen LogP contribution in [0.4, 0.5) is 0 Å². The van der Waals surface area contributed by atoms with Crippen LogP contribution in [-0.4, -0.2) is 6.61 Å².